The van der Waals surface area contributed by atoms with Crippen LogP contribution in [0.2, 0.25) is 0 Å². The molecule has 1 N–H and O–H groups in total. The molecule has 102 valence electrons. The van der Waals surface area contributed by atoms with Gasteiger partial charge >= 0.3 is 0 Å². The Kier molecular flexibility index (Phi) is 4.82. The van der Waals surface area contributed by atoms with Crippen LogP contribution in [-0.4, -0.2) is 24.5 Å². The highest BCUT2D eigenvalue weighted by molar-refractivity contribution is 7.12. The summed E-state index contributed by atoms with van der Waals surface area (Å²) in [6.07, 6.45) is 2.80. The van der Waals surface area contributed by atoms with Crippen molar-refractivity contribution in [3.05, 3.63) is 21.4 Å². The zero-order valence-electron chi connectivity index (χ0n) is 12.1. The summed E-state index contributed by atoms with van der Waals surface area (Å²) >= 11 is 1.94. The number of hydrogen-bond acceptors (Lipinski definition) is 3. The average molecular weight is 266 g/mol. The van der Waals surface area contributed by atoms with E-state index in [0.717, 1.165) is 25.0 Å². The van der Waals surface area contributed by atoms with E-state index in [1.54, 1.807) is 0 Å². The van der Waals surface area contributed by atoms with E-state index >= 15 is 0 Å². The smallest absolute Gasteiger partial charge is 0.0296 e. The van der Waals surface area contributed by atoms with E-state index in [1.165, 1.54) is 34.7 Å². The maximum absolute atomic E-state index is 3.24. The lowest BCUT2D eigenvalue weighted by Crippen LogP contribution is -2.29. The zero-order chi connectivity index (χ0) is 13.1. The van der Waals surface area contributed by atoms with Gasteiger partial charge in [-0.2, -0.15) is 0 Å². The van der Waals surface area contributed by atoms with Crippen molar-refractivity contribution in [2.75, 3.05) is 13.6 Å². The van der Waals surface area contributed by atoms with E-state index in [9.17, 15) is 0 Å². The summed E-state index contributed by atoms with van der Waals surface area (Å²) in [6, 6.07) is 3.26. The molecular formula is C15H26N2S. The quantitative estimate of drug-likeness (QED) is 0.814. The van der Waals surface area contributed by atoms with Gasteiger partial charge in [0.1, 0.15) is 0 Å². The molecule has 1 saturated carbocycles. The predicted octanol–water partition coefficient (Wildman–Crippen LogP) is 3.40. The highest BCUT2D eigenvalue weighted by Gasteiger charge is 2.29. The lowest BCUT2D eigenvalue weighted by Gasteiger charge is -2.24. The van der Waals surface area contributed by atoms with Crippen molar-refractivity contribution in [3.8, 4) is 0 Å². The molecule has 1 aliphatic carbocycles. The van der Waals surface area contributed by atoms with Crippen molar-refractivity contribution < 1.29 is 0 Å². The van der Waals surface area contributed by atoms with Crippen LogP contribution in [0.3, 0.4) is 0 Å². The van der Waals surface area contributed by atoms with E-state index in [-0.39, 0.29) is 0 Å². The van der Waals surface area contributed by atoms with E-state index in [4.69, 9.17) is 0 Å². The molecule has 2 rings (SSSR count). The Morgan fingerprint density at radius 2 is 2.17 bits per heavy atom. The minimum absolute atomic E-state index is 0.765. The molecule has 2 nitrogen and oxygen atoms in total. The Labute approximate surface area is 115 Å². The average Bonchev–Trinajstić information content (AvgIpc) is 3.05. The molecule has 1 heterocycles. The number of hydrogen-bond donors (Lipinski definition) is 1. The first-order chi connectivity index (χ1) is 8.60. The predicted molar refractivity (Wildman–Crippen MR) is 80.1 cm³/mol. The molecule has 3 heteroatoms. The molecule has 1 aromatic rings. The first-order valence-electron chi connectivity index (χ1n) is 7.07. The molecule has 1 aromatic heterocycles. The third-order valence-electron chi connectivity index (χ3n) is 3.46. The second-order valence-electron chi connectivity index (χ2n) is 5.88. The number of aryl methyl sites for hydroxylation is 1. The summed E-state index contributed by atoms with van der Waals surface area (Å²) in [5.74, 6) is 0.765. The van der Waals surface area contributed by atoms with Crippen molar-refractivity contribution in [3.63, 3.8) is 0 Å². The zero-order valence-corrected chi connectivity index (χ0v) is 12.9. The molecule has 1 fully saturated rings. The molecule has 0 amide bonds. The van der Waals surface area contributed by atoms with Gasteiger partial charge in [-0.15, -0.1) is 11.3 Å². The highest BCUT2D eigenvalue weighted by Crippen LogP contribution is 2.31. The van der Waals surface area contributed by atoms with Crippen LogP contribution in [0.25, 0.3) is 0 Å². The van der Waals surface area contributed by atoms with Crippen LogP contribution in [0.1, 0.15) is 42.0 Å². The number of thiophene rings is 1. The SMILES string of the molecule is CNCc1cc(CN(CC(C)C)C2CC2)c(C)s1. The third kappa shape index (κ3) is 3.81. The van der Waals surface area contributed by atoms with Gasteiger partial charge in [0.15, 0.2) is 0 Å². The summed E-state index contributed by atoms with van der Waals surface area (Å²) in [4.78, 5) is 5.64. The Bertz CT molecular complexity index is 380. The third-order valence-corrected chi connectivity index (χ3v) is 4.55. The molecule has 0 aromatic carbocycles. The highest BCUT2D eigenvalue weighted by atomic mass is 32.1. The van der Waals surface area contributed by atoms with Gasteiger partial charge in [0.05, 0.1) is 0 Å². The monoisotopic (exact) mass is 266 g/mol. The van der Waals surface area contributed by atoms with Gasteiger partial charge in [-0.1, -0.05) is 13.8 Å². The number of nitrogens with one attached hydrogen (secondary N) is 1. The fourth-order valence-corrected chi connectivity index (χ4v) is 3.54. The second-order valence-corrected chi connectivity index (χ2v) is 7.22. The fraction of sp³-hybridized carbons (Fsp3) is 0.733. The Hall–Kier alpha value is -0.380. The molecular weight excluding hydrogens is 240 g/mol. The molecule has 0 spiro atoms. The Balaban J connectivity index is 2.01. The number of rotatable bonds is 7. The largest absolute Gasteiger partial charge is 0.315 e. The fourth-order valence-electron chi connectivity index (χ4n) is 2.48. The first kappa shape index (κ1) is 14.0. The van der Waals surface area contributed by atoms with Crippen molar-refractivity contribution in [2.24, 2.45) is 5.92 Å². The molecule has 0 atom stereocenters. The molecule has 18 heavy (non-hydrogen) atoms. The van der Waals surface area contributed by atoms with Gasteiger partial charge in [-0.05, 0) is 44.4 Å². The maximum Gasteiger partial charge on any atom is 0.0296 e. The summed E-state index contributed by atoms with van der Waals surface area (Å²) in [5.41, 5.74) is 1.54. The minimum Gasteiger partial charge on any atom is -0.315 e. The Morgan fingerprint density at radius 3 is 2.72 bits per heavy atom. The molecule has 0 radical (unpaired) electrons. The standard InChI is InChI=1S/C15H26N2S/c1-11(2)9-17(14-5-6-14)10-13-7-15(8-16-4)18-12(13)3/h7,11,14,16H,5-6,8-10H2,1-4H3. The topological polar surface area (TPSA) is 15.3 Å². The summed E-state index contributed by atoms with van der Waals surface area (Å²) in [6.45, 7) is 10.3. The van der Waals surface area contributed by atoms with Crippen LogP contribution in [0.4, 0.5) is 0 Å². The summed E-state index contributed by atoms with van der Waals surface area (Å²) in [5, 5.41) is 3.24. The van der Waals surface area contributed by atoms with Gasteiger partial charge in [0.2, 0.25) is 0 Å². The first-order valence-corrected chi connectivity index (χ1v) is 7.88. The number of nitrogens with zero attached hydrogens (tertiary/aromatic N) is 1. The van der Waals surface area contributed by atoms with Crippen LogP contribution < -0.4 is 5.32 Å². The second kappa shape index (κ2) is 6.18. The van der Waals surface area contributed by atoms with Crippen molar-refractivity contribution in [2.45, 2.75) is 52.7 Å². The van der Waals surface area contributed by atoms with Gasteiger partial charge in [-0.25, -0.2) is 0 Å². The van der Waals surface area contributed by atoms with Crippen LogP contribution in [0.15, 0.2) is 6.07 Å². The molecule has 0 aliphatic heterocycles. The minimum atomic E-state index is 0.765. The maximum atomic E-state index is 3.24. The van der Waals surface area contributed by atoms with Crippen LogP contribution in [0, 0.1) is 12.8 Å². The van der Waals surface area contributed by atoms with Crippen molar-refractivity contribution in [1.82, 2.24) is 10.2 Å². The molecule has 1 aliphatic rings. The Morgan fingerprint density at radius 1 is 1.44 bits per heavy atom. The van der Waals surface area contributed by atoms with Crippen LogP contribution in [0.5, 0.6) is 0 Å². The lowest BCUT2D eigenvalue weighted by atomic mass is 10.1. The van der Waals surface area contributed by atoms with E-state index in [0.29, 0.717) is 0 Å². The molecule has 0 bridgehead atoms. The normalized spacial score (nSPS) is 15.9. The van der Waals surface area contributed by atoms with Gasteiger partial charge < -0.3 is 5.32 Å². The van der Waals surface area contributed by atoms with Gasteiger partial charge in [0.25, 0.3) is 0 Å². The van der Waals surface area contributed by atoms with E-state index in [2.05, 4.69) is 37.1 Å². The van der Waals surface area contributed by atoms with E-state index < -0.39 is 0 Å². The van der Waals surface area contributed by atoms with Gasteiger partial charge in [0, 0.05) is 35.4 Å². The van der Waals surface area contributed by atoms with Crippen molar-refractivity contribution in [1.29, 1.82) is 0 Å². The summed E-state index contributed by atoms with van der Waals surface area (Å²) in [7, 11) is 2.02. The van der Waals surface area contributed by atoms with Crippen LogP contribution in [-0.2, 0) is 13.1 Å². The molecule has 0 unspecified atom stereocenters. The van der Waals surface area contributed by atoms with Crippen LogP contribution >= 0.6 is 11.3 Å². The molecule has 0 saturated heterocycles. The lowest BCUT2D eigenvalue weighted by molar-refractivity contribution is 0.226. The van der Waals surface area contributed by atoms with Crippen molar-refractivity contribution >= 4 is 11.3 Å². The van der Waals surface area contributed by atoms with E-state index in [1.807, 2.05) is 18.4 Å². The van der Waals surface area contributed by atoms with Gasteiger partial charge in [-0.3, -0.25) is 4.90 Å². The summed E-state index contributed by atoms with van der Waals surface area (Å²) < 4.78 is 0.